The minimum Gasteiger partial charge on any atom is -0.497 e. The van der Waals surface area contributed by atoms with Gasteiger partial charge < -0.3 is 9.84 Å². The zero-order valence-electron chi connectivity index (χ0n) is 9.41. The third-order valence-electron chi connectivity index (χ3n) is 2.26. The predicted octanol–water partition coefficient (Wildman–Crippen LogP) is 1.19. The van der Waals surface area contributed by atoms with Gasteiger partial charge in [0.2, 0.25) is 0 Å². The number of carbonyl (C=O) groups is 1. The number of benzene rings is 1. The number of rotatable bonds is 3. The van der Waals surface area contributed by atoms with Crippen molar-refractivity contribution >= 4 is 5.97 Å². The van der Waals surface area contributed by atoms with Crippen molar-refractivity contribution in [1.82, 2.24) is 15.0 Å². The first-order valence-corrected chi connectivity index (χ1v) is 4.91. The molecule has 0 atom stereocenters. The summed E-state index contributed by atoms with van der Waals surface area (Å²) in [6.45, 7) is 0. The first kappa shape index (κ1) is 11.1. The smallest absolute Gasteiger partial charge is 0.358 e. The van der Waals surface area contributed by atoms with Gasteiger partial charge in [-0.2, -0.15) is 9.90 Å². The fourth-order valence-corrected chi connectivity index (χ4v) is 1.52. The molecule has 6 nitrogen and oxygen atoms in total. The monoisotopic (exact) mass is 233 g/mol. The Morgan fingerprint density at radius 1 is 1.41 bits per heavy atom. The van der Waals surface area contributed by atoms with Crippen molar-refractivity contribution in [3.05, 3.63) is 30.0 Å². The number of nitrogens with zero attached hydrogens (tertiary/aromatic N) is 3. The number of carboxylic acids is 1. The van der Waals surface area contributed by atoms with Crippen molar-refractivity contribution in [3.63, 3.8) is 0 Å². The summed E-state index contributed by atoms with van der Waals surface area (Å²) >= 11 is 0. The summed E-state index contributed by atoms with van der Waals surface area (Å²) in [6.07, 6.45) is 0. The van der Waals surface area contributed by atoms with Crippen LogP contribution in [0.3, 0.4) is 0 Å². The second-order valence-corrected chi connectivity index (χ2v) is 3.42. The highest BCUT2D eigenvalue weighted by Gasteiger charge is 2.18. The Morgan fingerprint density at radius 2 is 2.18 bits per heavy atom. The molecular weight excluding hydrogens is 222 g/mol. The number of hydrogen-bond acceptors (Lipinski definition) is 4. The lowest BCUT2D eigenvalue weighted by atomic mass is 10.1. The van der Waals surface area contributed by atoms with Crippen molar-refractivity contribution in [3.8, 4) is 17.0 Å². The third kappa shape index (κ3) is 2.10. The molecule has 0 saturated carbocycles. The number of hydrogen-bond donors (Lipinski definition) is 1. The van der Waals surface area contributed by atoms with Crippen LogP contribution in [0.5, 0.6) is 5.75 Å². The Bertz CT molecular complexity index is 563. The third-order valence-corrected chi connectivity index (χ3v) is 2.26. The van der Waals surface area contributed by atoms with Crippen LogP contribution in [0.25, 0.3) is 11.3 Å². The first-order valence-electron chi connectivity index (χ1n) is 4.91. The van der Waals surface area contributed by atoms with Crippen molar-refractivity contribution in [1.29, 1.82) is 0 Å². The molecule has 0 saturated heterocycles. The SMILES string of the molecule is COc1cccc(-c2nn(C)nc2C(=O)O)c1. The second kappa shape index (κ2) is 4.25. The molecule has 0 radical (unpaired) electrons. The fraction of sp³-hybridized carbons (Fsp3) is 0.182. The summed E-state index contributed by atoms with van der Waals surface area (Å²) < 4.78 is 5.08. The van der Waals surface area contributed by atoms with E-state index >= 15 is 0 Å². The largest absolute Gasteiger partial charge is 0.497 e. The Morgan fingerprint density at radius 3 is 2.82 bits per heavy atom. The van der Waals surface area contributed by atoms with E-state index in [4.69, 9.17) is 9.84 Å². The van der Waals surface area contributed by atoms with Gasteiger partial charge in [-0.05, 0) is 12.1 Å². The predicted molar refractivity (Wildman–Crippen MR) is 60.0 cm³/mol. The molecule has 0 fully saturated rings. The zero-order valence-corrected chi connectivity index (χ0v) is 9.41. The van der Waals surface area contributed by atoms with Crippen LogP contribution in [0.15, 0.2) is 24.3 Å². The highest BCUT2D eigenvalue weighted by atomic mass is 16.5. The first-order chi connectivity index (χ1) is 8.11. The lowest BCUT2D eigenvalue weighted by Gasteiger charge is -2.01. The Labute approximate surface area is 97.4 Å². The summed E-state index contributed by atoms with van der Waals surface area (Å²) in [7, 11) is 3.13. The molecule has 0 spiro atoms. The molecule has 2 aromatic rings. The highest BCUT2D eigenvalue weighted by Crippen LogP contribution is 2.24. The van der Waals surface area contributed by atoms with E-state index in [0.29, 0.717) is 17.0 Å². The van der Waals surface area contributed by atoms with Crippen molar-refractivity contribution in [2.75, 3.05) is 7.11 Å². The molecule has 1 aromatic heterocycles. The summed E-state index contributed by atoms with van der Waals surface area (Å²) in [6, 6.07) is 7.03. The van der Waals surface area contributed by atoms with Crippen LogP contribution in [-0.4, -0.2) is 33.2 Å². The minimum absolute atomic E-state index is 0.0687. The van der Waals surface area contributed by atoms with Crippen LogP contribution in [0, 0.1) is 0 Å². The van der Waals surface area contributed by atoms with Crippen molar-refractivity contribution in [2.45, 2.75) is 0 Å². The van der Waals surface area contributed by atoms with Crippen molar-refractivity contribution < 1.29 is 14.6 Å². The molecule has 2 rings (SSSR count). The number of aromatic nitrogens is 3. The van der Waals surface area contributed by atoms with Crippen LogP contribution in [0.2, 0.25) is 0 Å². The average Bonchev–Trinajstić information content (AvgIpc) is 2.72. The molecule has 1 N–H and O–H groups in total. The summed E-state index contributed by atoms with van der Waals surface area (Å²) in [5.41, 5.74) is 0.925. The van der Waals surface area contributed by atoms with Gasteiger partial charge in [0.1, 0.15) is 11.4 Å². The molecular formula is C11H11N3O3. The van der Waals surface area contributed by atoms with Gasteiger partial charge in [0, 0.05) is 12.6 Å². The number of carboxylic acid groups (broad SMARTS) is 1. The van der Waals surface area contributed by atoms with Gasteiger partial charge in [0.15, 0.2) is 5.69 Å². The lowest BCUT2D eigenvalue weighted by molar-refractivity contribution is 0.0690. The number of methoxy groups -OCH3 is 1. The van der Waals surface area contributed by atoms with E-state index in [2.05, 4.69) is 10.2 Å². The Kier molecular flexibility index (Phi) is 2.78. The van der Waals surface area contributed by atoms with E-state index in [-0.39, 0.29) is 5.69 Å². The molecule has 88 valence electrons. The van der Waals surface area contributed by atoms with E-state index in [1.165, 1.54) is 4.80 Å². The van der Waals surface area contributed by atoms with E-state index in [9.17, 15) is 4.79 Å². The molecule has 1 heterocycles. The molecule has 0 aliphatic carbocycles. The zero-order chi connectivity index (χ0) is 12.4. The van der Waals surface area contributed by atoms with Gasteiger partial charge in [-0.3, -0.25) is 0 Å². The summed E-state index contributed by atoms with van der Waals surface area (Å²) in [5, 5.41) is 16.9. The number of aryl methyl sites for hydroxylation is 1. The van der Waals surface area contributed by atoms with Gasteiger partial charge in [0.05, 0.1) is 7.11 Å². The molecule has 0 unspecified atom stereocenters. The Hall–Kier alpha value is -2.37. The Balaban J connectivity index is 2.55. The van der Waals surface area contributed by atoms with Gasteiger partial charge in [-0.15, -0.1) is 5.10 Å². The van der Waals surface area contributed by atoms with E-state index in [0.717, 1.165) is 0 Å². The minimum atomic E-state index is -1.10. The van der Waals surface area contributed by atoms with Crippen LogP contribution < -0.4 is 4.74 Å². The van der Waals surface area contributed by atoms with Crippen LogP contribution in [0.4, 0.5) is 0 Å². The maximum absolute atomic E-state index is 11.0. The van der Waals surface area contributed by atoms with Gasteiger partial charge in [0.25, 0.3) is 0 Å². The topological polar surface area (TPSA) is 77.2 Å². The highest BCUT2D eigenvalue weighted by molar-refractivity contribution is 5.92. The molecule has 6 heteroatoms. The maximum atomic E-state index is 11.0. The number of ether oxygens (including phenoxy) is 1. The van der Waals surface area contributed by atoms with Gasteiger partial charge in [-0.1, -0.05) is 12.1 Å². The van der Waals surface area contributed by atoms with Crippen LogP contribution in [0.1, 0.15) is 10.5 Å². The summed E-state index contributed by atoms with van der Waals surface area (Å²) in [5.74, 6) is -0.458. The number of aromatic carboxylic acids is 1. The van der Waals surface area contributed by atoms with Gasteiger partial charge in [-0.25, -0.2) is 4.79 Å². The molecule has 0 amide bonds. The normalized spacial score (nSPS) is 10.2. The van der Waals surface area contributed by atoms with Crippen molar-refractivity contribution in [2.24, 2.45) is 7.05 Å². The fourth-order valence-electron chi connectivity index (χ4n) is 1.52. The molecule has 0 aliphatic rings. The van der Waals surface area contributed by atoms with Gasteiger partial charge >= 0.3 is 5.97 Å². The maximum Gasteiger partial charge on any atom is 0.358 e. The van der Waals surface area contributed by atoms with Crippen LogP contribution in [-0.2, 0) is 7.05 Å². The molecule has 1 aromatic carbocycles. The average molecular weight is 233 g/mol. The quantitative estimate of drug-likeness (QED) is 0.861. The van der Waals surface area contributed by atoms with E-state index in [1.54, 1.807) is 38.4 Å². The van der Waals surface area contributed by atoms with Crippen LogP contribution >= 0.6 is 0 Å². The molecule has 17 heavy (non-hydrogen) atoms. The van der Waals surface area contributed by atoms with E-state index in [1.807, 2.05) is 0 Å². The summed E-state index contributed by atoms with van der Waals surface area (Å²) in [4.78, 5) is 12.3. The lowest BCUT2D eigenvalue weighted by Crippen LogP contribution is -2.00. The standard InChI is InChI=1S/C11H11N3O3/c1-14-12-9(10(13-14)11(15)16)7-4-3-5-8(6-7)17-2/h3-6H,1-2H3,(H,15,16). The second-order valence-electron chi connectivity index (χ2n) is 3.42. The van der Waals surface area contributed by atoms with E-state index < -0.39 is 5.97 Å². The molecule has 0 aliphatic heterocycles. The molecule has 0 bridgehead atoms.